The second kappa shape index (κ2) is 7.21. The van der Waals surface area contributed by atoms with Gasteiger partial charge in [0, 0.05) is 17.1 Å². The van der Waals surface area contributed by atoms with Gasteiger partial charge in [0.2, 0.25) is 0 Å². The molecule has 0 aromatic heterocycles. The summed E-state index contributed by atoms with van der Waals surface area (Å²) in [5, 5.41) is 12.1. The van der Waals surface area contributed by atoms with E-state index < -0.39 is 0 Å². The normalized spacial score (nSPS) is 11.5. The highest BCUT2D eigenvalue weighted by Crippen LogP contribution is 2.20. The van der Waals surface area contributed by atoms with E-state index in [1.807, 2.05) is 54.7 Å². The summed E-state index contributed by atoms with van der Waals surface area (Å²) in [6.07, 6.45) is 1.91. The van der Waals surface area contributed by atoms with E-state index in [-0.39, 0.29) is 0 Å². The molecule has 0 fully saturated rings. The fraction of sp³-hybridized carbons (Fsp3) is 0.0500. The van der Waals surface area contributed by atoms with E-state index >= 15 is 0 Å². The predicted molar refractivity (Wildman–Crippen MR) is 101 cm³/mol. The summed E-state index contributed by atoms with van der Waals surface area (Å²) in [7, 11) is 0.397. The highest BCUT2D eigenvalue weighted by Gasteiger charge is 2.06. The molecule has 0 aliphatic rings. The van der Waals surface area contributed by atoms with Crippen molar-refractivity contribution in [2.75, 3.05) is 0 Å². The van der Waals surface area contributed by atoms with Crippen LogP contribution in [-0.4, -0.2) is 11.3 Å². The SMILES string of the molecule is Cc1ccc(Pc2ccccc2O)c(/C=N/c2ccccc2)c1. The molecule has 1 N–H and O–H groups in total. The van der Waals surface area contributed by atoms with Gasteiger partial charge in [-0.05, 0) is 36.5 Å². The Morgan fingerprint density at radius 1 is 0.870 bits per heavy atom. The van der Waals surface area contributed by atoms with Gasteiger partial charge in [-0.1, -0.05) is 62.7 Å². The topological polar surface area (TPSA) is 32.6 Å². The van der Waals surface area contributed by atoms with Crippen LogP contribution < -0.4 is 10.6 Å². The largest absolute Gasteiger partial charge is 0.507 e. The number of nitrogens with zero attached hydrogens (tertiary/aromatic N) is 1. The summed E-state index contributed by atoms with van der Waals surface area (Å²) in [4.78, 5) is 4.56. The Morgan fingerprint density at radius 2 is 1.61 bits per heavy atom. The molecule has 3 rings (SSSR count). The predicted octanol–water partition coefficient (Wildman–Crippen LogP) is 4.08. The zero-order valence-electron chi connectivity index (χ0n) is 12.9. The third-order valence-electron chi connectivity index (χ3n) is 3.49. The van der Waals surface area contributed by atoms with Crippen molar-refractivity contribution in [2.45, 2.75) is 6.92 Å². The summed E-state index contributed by atoms with van der Waals surface area (Å²) in [6.45, 7) is 2.08. The number of hydrogen-bond acceptors (Lipinski definition) is 2. The van der Waals surface area contributed by atoms with Gasteiger partial charge in [0.25, 0.3) is 0 Å². The van der Waals surface area contributed by atoms with Crippen LogP contribution in [-0.2, 0) is 0 Å². The lowest BCUT2D eigenvalue weighted by Crippen LogP contribution is -2.09. The van der Waals surface area contributed by atoms with Crippen molar-refractivity contribution >= 4 is 31.1 Å². The first kappa shape index (κ1) is 15.5. The van der Waals surface area contributed by atoms with E-state index in [1.165, 1.54) is 10.9 Å². The minimum atomic E-state index is 0.345. The summed E-state index contributed by atoms with van der Waals surface area (Å²) in [6, 6.07) is 23.8. The van der Waals surface area contributed by atoms with Crippen LogP contribution in [0, 0.1) is 6.92 Å². The van der Waals surface area contributed by atoms with Gasteiger partial charge < -0.3 is 5.11 Å². The van der Waals surface area contributed by atoms with E-state index in [2.05, 4.69) is 30.1 Å². The summed E-state index contributed by atoms with van der Waals surface area (Å²) in [5.74, 6) is 0.345. The average molecular weight is 319 g/mol. The smallest absolute Gasteiger partial charge is 0.123 e. The molecule has 3 aromatic carbocycles. The van der Waals surface area contributed by atoms with Crippen LogP contribution in [0.3, 0.4) is 0 Å². The monoisotopic (exact) mass is 319 g/mol. The Kier molecular flexibility index (Phi) is 4.85. The van der Waals surface area contributed by atoms with Gasteiger partial charge in [0.05, 0.1) is 5.69 Å². The Bertz CT molecular complexity index is 828. The Labute approximate surface area is 138 Å². The number of aromatic hydroxyl groups is 1. The van der Waals surface area contributed by atoms with Gasteiger partial charge in [-0.25, -0.2) is 0 Å². The van der Waals surface area contributed by atoms with Crippen LogP contribution in [0.1, 0.15) is 11.1 Å². The van der Waals surface area contributed by atoms with Crippen molar-refractivity contribution in [3.63, 3.8) is 0 Å². The maximum absolute atomic E-state index is 10.00. The van der Waals surface area contributed by atoms with Gasteiger partial charge in [-0.15, -0.1) is 0 Å². The van der Waals surface area contributed by atoms with E-state index in [9.17, 15) is 5.11 Å². The van der Waals surface area contributed by atoms with Crippen molar-refractivity contribution in [2.24, 2.45) is 4.99 Å². The van der Waals surface area contributed by atoms with Crippen LogP contribution >= 0.6 is 8.58 Å². The van der Waals surface area contributed by atoms with Crippen molar-refractivity contribution in [1.29, 1.82) is 0 Å². The third kappa shape index (κ3) is 4.06. The maximum atomic E-state index is 10.00. The fourth-order valence-electron chi connectivity index (χ4n) is 2.29. The first-order chi connectivity index (χ1) is 11.2. The summed E-state index contributed by atoms with van der Waals surface area (Å²) >= 11 is 0. The fourth-order valence-corrected chi connectivity index (χ4v) is 3.41. The molecule has 23 heavy (non-hydrogen) atoms. The van der Waals surface area contributed by atoms with Gasteiger partial charge in [-0.3, -0.25) is 4.99 Å². The molecule has 0 radical (unpaired) electrons. The Balaban J connectivity index is 1.92. The molecule has 3 heteroatoms. The minimum absolute atomic E-state index is 0.345. The first-order valence-electron chi connectivity index (χ1n) is 7.47. The second-order valence-electron chi connectivity index (χ2n) is 5.33. The van der Waals surface area contributed by atoms with Crippen LogP contribution in [0.4, 0.5) is 5.69 Å². The molecule has 3 aromatic rings. The zero-order chi connectivity index (χ0) is 16.1. The average Bonchev–Trinajstić information content (AvgIpc) is 2.58. The van der Waals surface area contributed by atoms with Gasteiger partial charge >= 0.3 is 0 Å². The van der Waals surface area contributed by atoms with E-state index in [1.54, 1.807) is 6.07 Å². The summed E-state index contributed by atoms with van der Waals surface area (Å²) < 4.78 is 0. The second-order valence-corrected chi connectivity index (χ2v) is 6.65. The van der Waals surface area contributed by atoms with Crippen LogP contribution in [0.15, 0.2) is 77.8 Å². The van der Waals surface area contributed by atoms with Crippen molar-refractivity contribution in [3.8, 4) is 5.75 Å². The van der Waals surface area contributed by atoms with Gasteiger partial charge in [0.1, 0.15) is 5.75 Å². The molecule has 1 unspecified atom stereocenters. The summed E-state index contributed by atoms with van der Waals surface area (Å²) in [5.41, 5.74) is 3.23. The molecule has 0 bridgehead atoms. The van der Waals surface area contributed by atoms with Crippen molar-refractivity contribution in [3.05, 3.63) is 83.9 Å². The number of benzene rings is 3. The standard InChI is InChI=1S/C20H18NOP/c1-15-11-12-19(23-20-10-6-5-9-18(20)22)16(13-15)14-21-17-7-3-2-4-8-17/h2-14,22-23H,1H3/b21-14+. The molecule has 0 spiro atoms. The number of rotatable bonds is 4. The number of hydrogen-bond donors (Lipinski definition) is 1. The molecule has 0 aliphatic carbocycles. The highest BCUT2D eigenvalue weighted by atomic mass is 31.1. The van der Waals surface area contributed by atoms with E-state index in [0.29, 0.717) is 14.3 Å². The van der Waals surface area contributed by atoms with E-state index in [0.717, 1.165) is 16.6 Å². The lowest BCUT2D eigenvalue weighted by Gasteiger charge is -2.09. The van der Waals surface area contributed by atoms with Crippen molar-refractivity contribution in [1.82, 2.24) is 0 Å². The van der Waals surface area contributed by atoms with Crippen LogP contribution in [0.2, 0.25) is 0 Å². The van der Waals surface area contributed by atoms with Crippen LogP contribution in [0.5, 0.6) is 5.75 Å². The molecule has 1 atom stereocenters. The molecule has 0 amide bonds. The quantitative estimate of drug-likeness (QED) is 0.570. The Morgan fingerprint density at radius 3 is 2.39 bits per heavy atom. The molecular weight excluding hydrogens is 301 g/mol. The lowest BCUT2D eigenvalue weighted by molar-refractivity contribution is 0.480. The number of phenolic OH excluding ortho intramolecular Hbond substituents is 1. The molecule has 2 nitrogen and oxygen atoms in total. The number of aliphatic imine (C=N–C) groups is 1. The first-order valence-corrected chi connectivity index (χ1v) is 8.47. The molecule has 0 heterocycles. The van der Waals surface area contributed by atoms with Crippen LogP contribution in [0.25, 0.3) is 0 Å². The number of aryl methyl sites for hydroxylation is 1. The minimum Gasteiger partial charge on any atom is -0.507 e. The molecular formula is C20H18NOP. The third-order valence-corrected chi connectivity index (χ3v) is 4.91. The van der Waals surface area contributed by atoms with Gasteiger partial charge in [-0.2, -0.15) is 0 Å². The molecule has 0 saturated heterocycles. The molecule has 0 aliphatic heterocycles. The van der Waals surface area contributed by atoms with Crippen molar-refractivity contribution < 1.29 is 5.11 Å². The maximum Gasteiger partial charge on any atom is 0.123 e. The number of phenols is 1. The lowest BCUT2D eigenvalue weighted by atomic mass is 10.1. The Hall–Kier alpha value is -2.44. The molecule has 0 saturated carbocycles. The van der Waals surface area contributed by atoms with Gasteiger partial charge in [0.15, 0.2) is 0 Å². The molecule has 114 valence electrons. The zero-order valence-corrected chi connectivity index (χ0v) is 13.9. The highest BCUT2D eigenvalue weighted by molar-refractivity contribution is 7.56. The number of para-hydroxylation sites is 2. The van der Waals surface area contributed by atoms with E-state index in [4.69, 9.17) is 0 Å².